The highest BCUT2D eigenvalue weighted by Crippen LogP contribution is 2.25. The molecule has 0 heterocycles. The van der Waals surface area contributed by atoms with Crippen LogP contribution in [0.2, 0.25) is 0 Å². The average molecular weight is 521 g/mol. The maximum Gasteiger partial charge on any atom is 0.0614 e. The number of unbranched alkanes of at least 4 members (excludes halogenated alkanes) is 1. The predicted octanol–water partition coefficient (Wildman–Crippen LogP) is 12.2. The molecule has 0 spiro atoms. The largest absolute Gasteiger partial charge is 0.392 e. The molecule has 5 atom stereocenters. The summed E-state index contributed by atoms with van der Waals surface area (Å²) in [6.45, 7) is 19.4. The van der Waals surface area contributed by atoms with E-state index in [1.54, 1.807) is 0 Å². The number of aliphatic hydroxyl groups is 1. The second-order valence-corrected chi connectivity index (χ2v) is 14.1. The van der Waals surface area contributed by atoms with Crippen molar-refractivity contribution in [1.29, 1.82) is 0 Å². The molecular weight excluding hydrogens is 448 g/mol. The van der Waals surface area contributed by atoms with Crippen LogP contribution < -0.4 is 0 Å². The maximum atomic E-state index is 8.96. The Hall–Kier alpha value is -0.300. The lowest BCUT2D eigenvalue weighted by Gasteiger charge is -2.17. The van der Waals surface area contributed by atoms with Gasteiger partial charge in [-0.15, -0.1) is 0 Å². The molecule has 1 N–H and O–H groups in total. The normalized spacial score (nSPS) is 16.6. The van der Waals surface area contributed by atoms with Crippen LogP contribution in [0.15, 0.2) is 11.6 Å². The number of hydrogen-bond acceptors (Lipinski definition) is 1. The smallest absolute Gasteiger partial charge is 0.0614 e. The lowest BCUT2D eigenvalue weighted by atomic mass is 9.89. The molecule has 5 unspecified atom stereocenters. The first-order chi connectivity index (χ1) is 17.6. The molecule has 0 aliphatic heterocycles. The molecule has 0 saturated carbocycles. The molecule has 0 aromatic heterocycles. The fourth-order valence-corrected chi connectivity index (χ4v) is 6.01. The monoisotopic (exact) mass is 521 g/mol. The third kappa shape index (κ3) is 25.7. The zero-order valence-corrected chi connectivity index (χ0v) is 27.1. The molecule has 1 nitrogen and oxygen atoms in total. The fourth-order valence-electron chi connectivity index (χ4n) is 6.01. The van der Waals surface area contributed by atoms with Crippen molar-refractivity contribution < 1.29 is 5.11 Å². The molecule has 0 bridgehead atoms. The van der Waals surface area contributed by atoms with Crippen LogP contribution >= 0.6 is 0 Å². The van der Waals surface area contributed by atoms with E-state index in [2.05, 4.69) is 55.4 Å². The van der Waals surface area contributed by atoms with Crippen LogP contribution in [0.5, 0.6) is 0 Å². The summed E-state index contributed by atoms with van der Waals surface area (Å²) < 4.78 is 0. The molecule has 0 amide bonds. The van der Waals surface area contributed by atoms with Gasteiger partial charge in [-0.3, -0.25) is 0 Å². The zero-order valence-electron chi connectivity index (χ0n) is 27.1. The highest BCUT2D eigenvalue weighted by atomic mass is 16.2. The number of aliphatic hydroxyl groups excluding tert-OH is 1. The van der Waals surface area contributed by atoms with E-state index in [1.165, 1.54) is 121 Å². The van der Waals surface area contributed by atoms with E-state index in [9.17, 15) is 0 Å². The Morgan fingerprint density at radius 1 is 0.459 bits per heavy atom. The minimum atomic E-state index is 0.190. The fraction of sp³-hybridized carbons (Fsp3) is 0.944. The van der Waals surface area contributed by atoms with Crippen LogP contribution in [-0.4, -0.2) is 11.7 Å². The third-order valence-electron chi connectivity index (χ3n) is 9.01. The molecule has 0 radical (unpaired) electrons. The lowest BCUT2D eigenvalue weighted by Crippen LogP contribution is -2.02. The van der Waals surface area contributed by atoms with Crippen molar-refractivity contribution in [3.8, 4) is 0 Å². The Labute approximate surface area is 236 Å². The van der Waals surface area contributed by atoms with Gasteiger partial charge in [-0.2, -0.15) is 0 Å². The molecule has 0 rings (SSSR count). The summed E-state index contributed by atoms with van der Waals surface area (Å²) in [5.74, 6) is 5.38. The van der Waals surface area contributed by atoms with Crippen molar-refractivity contribution in [2.45, 2.75) is 177 Å². The number of rotatable bonds is 26. The molecule has 1 heteroatoms. The van der Waals surface area contributed by atoms with Gasteiger partial charge < -0.3 is 5.11 Å². The zero-order chi connectivity index (χ0) is 27.9. The van der Waals surface area contributed by atoms with Crippen LogP contribution in [0.4, 0.5) is 0 Å². The molecule has 0 aliphatic carbocycles. The summed E-state index contributed by atoms with van der Waals surface area (Å²) in [5.41, 5.74) is 1.34. The van der Waals surface area contributed by atoms with Gasteiger partial charge in [0.25, 0.3) is 0 Å². The topological polar surface area (TPSA) is 20.2 Å². The maximum absolute atomic E-state index is 8.96. The van der Waals surface area contributed by atoms with Crippen LogP contribution in [0, 0.1) is 35.5 Å². The average Bonchev–Trinajstić information content (AvgIpc) is 2.82. The number of hydrogen-bond donors (Lipinski definition) is 1. The second kappa shape index (κ2) is 24.7. The van der Waals surface area contributed by atoms with E-state index in [0.29, 0.717) is 0 Å². The molecule has 0 saturated heterocycles. The summed E-state index contributed by atoms with van der Waals surface area (Å²) >= 11 is 0. The molecule has 0 aromatic carbocycles. The van der Waals surface area contributed by atoms with Gasteiger partial charge in [0.05, 0.1) is 6.61 Å². The van der Waals surface area contributed by atoms with Gasteiger partial charge in [0.2, 0.25) is 0 Å². The van der Waals surface area contributed by atoms with E-state index in [4.69, 9.17) is 5.11 Å². The SMILES string of the molecule is C/C(=C\CO)CCCC(C)CCCC(C)CCCC(C)CCCCC(C)CCCC(C)CCCC(C)C. The van der Waals surface area contributed by atoms with Gasteiger partial charge in [0.1, 0.15) is 0 Å². The highest BCUT2D eigenvalue weighted by molar-refractivity contribution is 4.97. The van der Waals surface area contributed by atoms with E-state index in [0.717, 1.165) is 41.9 Å². The summed E-state index contributed by atoms with van der Waals surface area (Å²) in [7, 11) is 0. The first-order valence-electron chi connectivity index (χ1n) is 16.9. The minimum Gasteiger partial charge on any atom is -0.392 e. The third-order valence-corrected chi connectivity index (χ3v) is 9.01. The quantitative estimate of drug-likeness (QED) is 0.0887. The van der Waals surface area contributed by atoms with Crippen molar-refractivity contribution in [1.82, 2.24) is 0 Å². The Bertz CT molecular complexity index is 507. The first-order valence-corrected chi connectivity index (χ1v) is 16.9. The van der Waals surface area contributed by atoms with Crippen molar-refractivity contribution in [2.75, 3.05) is 6.61 Å². The number of allylic oxidation sites excluding steroid dienone is 1. The Kier molecular flexibility index (Phi) is 24.5. The van der Waals surface area contributed by atoms with E-state index >= 15 is 0 Å². The summed E-state index contributed by atoms with van der Waals surface area (Å²) in [6, 6.07) is 0. The highest BCUT2D eigenvalue weighted by Gasteiger charge is 2.09. The van der Waals surface area contributed by atoms with Crippen LogP contribution in [0.25, 0.3) is 0 Å². The van der Waals surface area contributed by atoms with Gasteiger partial charge in [0, 0.05) is 0 Å². The van der Waals surface area contributed by atoms with Gasteiger partial charge >= 0.3 is 0 Å². The Balaban J connectivity index is 3.63. The van der Waals surface area contributed by atoms with Crippen LogP contribution in [0.3, 0.4) is 0 Å². The van der Waals surface area contributed by atoms with Crippen LogP contribution in [-0.2, 0) is 0 Å². The predicted molar refractivity (Wildman–Crippen MR) is 169 cm³/mol. The van der Waals surface area contributed by atoms with Gasteiger partial charge in [-0.25, -0.2) is 0 Å². The summed E-state index contributed by atoms with van der Waals surface area (Å²) in [4.78, 5) is 0. The van der Waals surface area contributed by atoms with E-state index in [1.807, 2.05) is 6.08 Å². The molecule has 0 aromatic rings. The van der Waals surface area contributed by atoms with Crippen LogP contribution in [0.1, 0.15) is 177 Å². The molecule has 0 aliphatic rings. The lowest BCUT2D eigenvalue weighted by molar-refractivity contribution is 0.341. The summed E-state index contributed by atoms with van der Waals surface area (Å²) in [6.07, 6.45) is 28.6. The Morgan fingerprint density at radius 2 is 0.757 bits per heavy atom. The first kappa shape index (κ1) is 36.7. The Morgan fingerprint density at radius 3 is 1.08 bits per heavy atom. The van der Waals surface area contributed by atoms with Crippen molar-refractivity contribution >= 4 is 0 Å². The second-order valence-electron chi connectivity index (χ2n) is 14.1. The summed E-state index contributed by atoms with van der Waals surface area (Å²) in [5, 5.41) is 8.96. The van der Waals surface area contributed by atoms with Crippen molar-refractivity contribution in [2.24, 2.45) is 35.5 Å². The van der Waals surface area contributed by atoms with Gasteiger partial charge in [-0.1, -0.05) is 169 Å². The molecule has 0 fully saturated rings. The van der Waals surface area contributed by atoms with E-state index in [-0.39, 0.29) is 6.61 Å². The van der Waals surface area contributed by atoms with Gasteiger partial charge in [-0.05, 0) is 55.3 Å². The standard InChI is InChI=1S/C36H72O/c1-30(2)16-11-19-33(5)22-12-20-31(3)17-9-10-18-32(4)21-13-23-34(6)24-14-25-35(7)26-15-27-36(8)28-29-37/h28,30-35,37H,9-27,29H2,1-8H3/b36-28+. The minimum absolute atomic E-state index is 0.190. The molecule has 37 heavy (non-hydrogen) atoms. The molecule has 222 valence electrons. The molecular formula is C36H72O. The van der Waals surface area contributed by atoms with Gasteiger partial charge in [0.15, 0.2) is 0 Å². The van der Waals surface area contributed by atoms with Crippen molar-refractivity contribution in [3.63, 3.8) is 0 Å². The van der Waals surface area contributed by atoms with E-state index < -0.39 is 0 Å². The van der Waals surface area contributed by atoms with Crippen molar-refractivity contribution in [3.05, 3.63) is 11.6 Å².